The van der Waals surface area contributed by atoms with Gasteiger partial charge in [0.2, 0.25) is 0 Å². The highest BCUT2D eigenvalue weighted by molar-refractivity contribution is 9.10. The zero-order valence-electron chi connectivity index (χ0n) is 13.0. The summed E-state index contributed by atoms with van der Waals surface area (Å²) in [5.74, 6) is 0.0492. The average Bonchev–Trinajstić information content (AvgIpc) is 2.87. The molecule has 0 saturated heterocycles. The smallest absolute Gasteiger partial charge is 0.267 e. The van der Waals surface area contributed by atoms with E-state index in [1.807, 2.05) is 28.6 Å². The molecule has 1 aromatic rings. The predicted octanol–water partition coefficient (Wildman–Crippen LogP) is 4.46. The molecule has 21 heavy (non-hydrogen) atoms. The molecule has 1 amide bonds. The van der Waals surface area contributed by atoms with Gasteiger partial charge >= 0.3 is 0 Å². The lowest BCUT2D eigenvalue weighted by Crippen LogP contribution is -2.42. The summed E-state index contributed by atoms with van der Waals surface area (Å²) in [4.78, 5) is 12.5. The van der Waals surface area contributed by atoms with E-state index < -0.39 is 0 Å². The molecule has 0 radical (unpaired) electrons. The summed E-state index contributed by atoms with van der Waals surface area (Å²) in [7, 11) is 0. The Hall–Kier alpha value is -0.420. The van der Waals surface area contributed by atoms with Crippen LogP contribution in [0.2, 0.25) is 0 Å². The van der Waals surface area contributed by atoms with Crippen LogP contribution in [0.4, 0.5) is 0 Å². The molecule has 0 bridgehead atoms. The van der Waals surface area contributed by atoms with Crippen molar-refractivity contribution >= 4 is 33.6 Å². The number of carbonyl (C=O) groups is 1. The van der Waals surface area contributed by atoms with E-state index in [9.17, 15) is 4.79 Å². The highest BCUT2D eigenvalue weighted by Gasteiger charge is 2.31. The molecule has 0 atom stereocenters. The largest absolute Gasteiger partial charge is 0.349 e. The highest BCUT2D eigenvalue weighted by Crippen LogP contribution is 2.38. The summed E-state index contributed by atoms with van der Waals surface area (Å²) in [5, 5.41) is 3.17. The Morgan fingerprint density at radius 1 is 1.43 bits per heavy atom. The molecule has 5 heteroatoms. The molecule has 0 aromatic carbocycles. The molecule has 1 N–H and O–H groups in total. The Morgan fingerprint density at radius 2 is 2.14 bits per heavy atom. The molecular formula is C16H25BrN2OS. The van der Waals surface area contributed by atoms with E-state index in [1.54, 1.807) is 0 Å². The minimum atomic E-state index is 0.0492. The lowest BCUT2D eigenvalue weighted by molar-refractivity contribution is 0.0937. The van der Waals surface area contributed by atoms with Crippen molar-refractivity contribution in [3.05, 3.63) is 22.4 Å². The van der Waals surface area contributed by atoms with Crippen molar-refractivity contribution in [2.75, 3.05) is 12.8 Å². The second kappa shape index (κ2) is 7.73. The molecule has 2 rings (SSSR count). The Morgan fingerprint density at radius 3 is 2.76 bits per heavy atom. The van der Waals surface area contributed by atoms with Gasteiger partial charge in [-0.2, -0.15) is 11.8 Å². The number of carbonyl (C=O) groups excluding carboxylic acids is 1. The quantitative estimate of drug-likeness (QED) is 0.799. The second-order valence-corrected chi connectivity index (χ2v) is 8.06. The fourth-order valence-electron chi connectivity index (χ4n) is 3.07. The molecule has 1 aliphatic carbocycles. The van der Waals surface area contributed by atoms with Crippen LogP contribution >= 0.6 is 27.7 Å². The van der Waals surface area contributed by atoms with E-state index in [1.165, 1.54) is 32.1 Å². The zero-order valence-corrected chi connectivity index (χ0v) is 15.4. The molecule has 0 spiro atoms. The third-order valence-electron chi connectivity index (χ3n) is 4.33. The summed E-state index contributed by atoms with van der Waals surface area (Å²) in [6.07, 6.45) is 11.5. The van der Waals surface area contributed by atoms with Crippen LogP contribution in [0.1, 0.15) is 55.9 Å². The molecule has 1 aliphatic rings. The molecule has 118 valence electrons. The molecular weight excluding hydrogens is 348 g/mol. The summed E-state index contributed by atoms with van der Waals surface area (Å²) in [5.41, 5.74) is 0.760. The number of aromatic nitrogens is 1. The monoisotopic (exact) mass is 372 g/mol. The molecule has 1 saturated carbocycles. The lowest BCUT2D eigenvalue weighted by Gasteiger charge is -2.35. The van der Waals surface area contributed by atoms with Crippen LogP contribution in [-0.2, 0) is 6.54 Å². The topological polar surface area (TPSA) is 34.0 Å². The summed E-state index contributed by atoms with van der Waals surface area (Å²) < 4.78 is 3.25. The molecule has 1 aromatic heterocycles. The number of halogens is 1. The van der Waals surface area contributed by atoms with E-state index in [2.05, 4.69) is 34.4 Å². The minimum Gasteiger partial charge on any atom is -0.349 e. The van der Waals surface area contributed by atoms with Gasteiger partial charge in [-0.3, -0.25) is 4.79 Å². The predicted molar refractivity (Wildman–Crippen MR) is 94.1 cm³/mol. The molecule has 0 aliphatic heterocycles. The van der Waals surface area contributed by atoms with Crippen LogP contribution in [0.3, 0.4) is 0 Å². The SMILES string of the molecule is CCCn1cc(Br)cc1C(=O)NCC1(SC)CCCCC1. The Labute approximate surface area is 140 Å². The third kappa shape index (κ3) is 4.28. The number of thioether (sulfide) groups is 1. The van der Waals surface area contributed by atoms with Crippen LogP contribution in [0.25, 0.3) is 0 Å². The Bertz CT molecular complexity index is 481. The van der Waals surface area contributed by atoms with Crippen molar-refractivity contribution in [3.63, 3.8) is 0 Å². The van der Waals surface area contributed by atoms with E-state index in [-0.39, 0.29) is 10.7 Å². The normalized spacial score (nSPS) is 17.7. The molecule has 3 nitrogen and oxygen atoms in total. The van der Waals surface area contributed by atoms with Gasteiger partial charge in [-0.1, -0.05) is 26.2 Å². The van der Waals surface area contributed by atoms with E-state index in [0.717, 1.165) is 29.7 Å². The van der Waals surface area contributed by atoms with Gasteiger partial charge < -0.3 is 9.88 Å². The maximum absolute atomic E-state index is 12.5. The number of hydrogen-bond acceptors (Lipinski definition) is 2. The Balaban J connectivity index is 2.00. The number of aryl methyl sites for hydroxylation is 1. The van der Waals surface area contributed by atoms with Gasteiger partial charge in [-0.25, -0.2) is 0 Å². The first-order valence-electron chi connectivity index (χ1n) is 7.79. The van der Waals surface area contributed by atoms with Crippen molar-refractivity contribution in [1.29, 1.82) is 0 Å². The highest BCUT2D eigenvalue weighted by atomic mass is 79.9. The van der Waals surface area contributed by atoms with Gasteiger partial charge in [-0.05, 0) is 47.5 Å². The number of amides is 1. The van der Waals surface area contributed by atoms with Crippen LogP contribution in [0.5, 0.6) is 0 Å². The van der Waals surface area contributed by atoms with Crippen LogP contribution < -0.4 is 5.32 Å². The zero-order chi connectivity index (χ0) is 15.3. The fourth-order valence-corrected chi connectivity index (χ4v) is 4.45. The Kier molecular flexibility index (Phi) is 6.23. The molecule has 1 fully saturated rings. The first-order valence-corrected chi connectivity index (χ1v) is 9.81. The number of rotatable bonds is 6. The minimum absolute atomic E-state index is 0.0492. The van der Waals surface area contributed by atoms with Crippen LogP contribution in [0, 0.1) is 0 Å². The lowest BCUT2D eigenvalue weighted by atomic mass is 9.88. The van der Waals surface area contributed by atoms with Crippen molar-refractivity contribution in [2.24, 2.45) is 0 Å². The van der Waals surface area contributed by atoms with Crippen LogP contribution in [0.15, 0.2) is 16.7 Å². The van der Waals surface area contributed by atoms with Gasteiger partial charge in [0, 0.05) is 28.5 Å². The molecule has 0 unspecified atom stereocenters. The average molecular weight is 373 g/mol. The first-order chi connectivity index (χ1) is 10.1. The summed E-state index contributed by atoms with van der Waals surface area (Å²) in [6, 6.07) is 1.91. The fraction of sp³-hybridized carbons (Fsp3) is 0.688. The number of nitrogens with one attached hydrogen (secondary N) is 1. The van der Waals surface area contributed by atoms with E-state index in [0.29, 0.717) is 0 Å². The van der Waals surface area contributed by atoms with Gasteiger partial charge in [0.1, 0.15) is 5.69 Å². The van der Waals surface area contributed by atoms with Gasteiger partial charge in [0.15, 0.2) is 0 Å². The summed E-state index contributed by atoms with van der Waals surface area (Å²) >= 11 is 5.39. The second-order valence-electron chi connectivity index (χ2n) is 5.87. The number of hydrogen-bond donors (Lipinski definition) is 1. The van der Waals surface area contributed by atoms with Crippen molar-refractivity contribution < 1.29 is 4.79 Å². The molecule has 1 heterocycles. The maximum Gasteiger partial charge on any atom is 0.267 e. The van der Waals surface area contributed by atoms with Gasteiger partial charge in [0.25, 0.3) is 5.91 Å². The van der Waals surface area contributed by atoms with Gasteiger partial charge in [-0.15, -0.1) is 0 Å². The summed E-state index contributed by atoms with van der Waals surface area (Å²) in [6.45, 7) is 3.78. The third-order valence-corrected chi connectivity index (χ3v) is 6.18. The van der Waals surface area contributed by atoms with Crippen molar-refractivity contribution in [1.82, 2.24) is 9.88 Å². The van der Waals surface area contributed by atoms with Crippen molar-refractivity contribution in [2.45, 2.75) is 56.7 Å². The standard InChI is InChI=1S/C16H25BrN2OS/c1-3-9-19-11-13(17)10-14(19)15(20)18-12-16(21-2)7-5-4-6-8-16/h10-11H,3-9,12H2,1-2H3,(H,18,20). The first kappa shape index (κ1) is 16.9. The van der Waals surface area contributed by atoms with Crippen LogP contribution in [-0.4, -0.2) is 28.0 Å². The van der Waals surface area contributed by atoms with E-state index >= 15 is 0 Å². The van der Waals surface area contributed by atoms with Crippen molar-refractivity contribution in [3.8, 4) is 0 Å². The maximum atomic E-state index is 12.5. The van der Waals surface area contributed by atoms with E-state index in [4.69, 9.17) is 0 Å². The number of nitrogens with zero attached hydrogens (tertiary/aromatic N) is 1. The van der Waals surface area contributed by atoms with Gasteiger partial charge in [0.05, 0.1) is 0 Å².